The molecule has 4 heteroatoms. The topological polar surface area (TPSA) is 63.3 Å². The summed E-state index contributed by atoms with van der Waals surface area (Å²) in [4.78, 5) is 15.7. The number of para-hydroxylation sites is 2. The number of nitrogens with zero attached hydrogens (tertiary/aromatic N) is 1. The van der Waals surface area contributed by atoms with E-state index in [4.69, 9.17) is 4.42 Å². The SMILES string of the molecule is CC.CC.O=c1nc(-c2ccccc2O)oc2ccccc12. The molecule has 0 bridgehead atoms. The molecule has 0 aliphatic rings. The fraction of sp³-hybridized carbons (Fsp3) is 0.222. The van der Waals surface area contributed by atoms with Gasteiger partial charge in [-0.25, -0.2) is 0 Å². The molecule has 0 saturated heterocycles. The molecule has 0 saturated carbocycles. The summed E-state index contributed by atoms with van der Waals surface area (Å²) < 4.78 is 5.54. The zero-order valence-corrected chi connectivity index (χ0v) is 13.3. The summed E-state index contributed by atoms with van der Waals surface area (Å²) in [5.41, 5.74) is 0.492. The predicted octanol–water partition coefficient (Wildman–Crippen LogP) is 4.61. The van der Waals surface area contributed by atoms with Gasteiger partial charge in [0.2, 0.25) is 5.89 Å². The van der Waals surface area contributed by atoms with E-state index in [0.29, 0.717) is 16.5 Å². The lowest BCUT2D eigenvalue weighted by Crippen LogP contribution is -2.06. The van der Waals surface area contributed by atoms with Gasteiger partial charge in [0.05, 0.1) is 10.9 Å². The average molecular weight is 299 g/mol. The van der Waals surface area contributed by atoms with E-state index >= 15 is 0 Å². The van der Waals surface area contributed by atoms with Crippen LogP contribution >= 0.6 is 0 Å². The summed E-state index contributed by atoms with van der Waals surface area (Å²) in [6.07, 6.45) is 0. The Balaban J connectivity index is 0.000000561. The third-order valence-electron chi connectivity index (χ3n) is 2.66. The maximum atomic E-state index is 11.8. The Bertz CT molecular complexity index is 778. The number of phenols is 1. The van der Waals surface area contributed by atoms with Crippen LogP contribution in [0.1, 0.15) is 27.7 Å². The molecule has 0 radical (unpaired) electrons. The van der Waals surface area contributed by atoms with Crippen molar-refractivity contribution in [2.45, 2.75) is 27.7 Å². The Morgan fingerprint density at radius 2 is 1.50 bits per heavy atom. The molecule has 1 heterocycles. The van der Waals surface area contributed by atoms with Crippen LogP contribution in [0.15, 0.2) is 57.7 Å². The summed E-state index contributed by atoms with van der Waals surface area (Å²) in [7, 11) is 0. The normalized spacial score (nSPS) is 9.27. The highest BCUT2D eigenvalue weighted by Gasteiger charge is 2.10. The van der Waals surface area contributed by atoms with Crippen molar-refractivity contribution in [2.24, 2.45) is 0 Å². The molecule has 4 nitrogen and oxygen atoms in total. The molecule has 2 aromatic carbocycles. The lowest BCUT2D eigenvalue weighted by atomic mass is 10.2. The molecule has 1 N–H and O–H groups in total. The number of hydrogen-bond donors (Lipinski definition) is 1. The van der Waals surface area contributed by atoms with Gasteiger partial charge in [0.25, 0.3) is 5.56 Å². The summed E-state index contributed by atoms with van der Waals surface area (Å²) in [5, 5.41) is 10.2. The van der Waals surface area contributed by atoms with Gasteiger partial charge < -0.3 is 9.52 Å². The molecule has 116 valence electrons. The van der Waals surface area contributed by atoms with Crippen LogP contribution in [0.5, 0.6) is 5.75 Å². The largest absolute Gasteiger partial charge is 0.507 e. The minimum absolute atomic E-state index is 0.0310. The van der Waals surface area contributed by atoms with Gasteiger partial charge >= 0.3 is 0 Å². The van der Waals surface area contributed by atoms with Crippen molar-refractivity contribution in [3.05, 3.63) is 58.9 Å². The number of aromatic hydroxyl groups is 1. The van der Waals surface area contributed by atoms with Crippen LogP contribution in [0.4, 0.5) is 0 Å². The van der Waals surface area contributed by atoms with E-state index in [1.807, 2.05) is 27.7 Å². The Morgan fingerprint density at radius 3 is 2.18 bits per heavy atom. The van der Waals surface area contributed by atoms with E-state index in [9.17, 15) is 9.90 Å². The van der Waals surface area contributed by atoms with Crippen LogP contribution in [0, 0.1) is 0 Å². The Hall–Kier alpha value is -2.62. The second-order valence-corrected chi connectivity index (χ2v) is 3.84. The molecule has 0 aliphatic heterocycles. The number of aromatic nitrogens is 1. The van der Waals surface area contributed by atoms with Gasteiger partial charge in [-0.15, -0.1) is 0 Å². The van der Waals surface area contributed by atoms with Crippen molar-refractivity contribution in [3.63, 3.8) is 0 Å². The van der Waals surface area contributed by atoms with Crippen LogP contribution < -0.4 is 5.56 Å². The number of benzene rings is 2. The molecule has 22 heavy (non-hydrogen) atoms. The molecule has 1 aromatic heterocycles. The molecule has 0 spiro atoms. The fourth-order valence-corrected chi connectivity index (χ4v) is 1.78. The second-order valence-electron chi connectivity index (χ2n) is 3.84. The highest BCUT2D eigenvalue weighted by molar-refractivity contribution is 5.77. The molecular weight excluding hydrogens is 278 g/mol. The third kappa shape index (κ3) is 3.73. The van der Waals surface area contributed by atoms with Gasteiger partial charge in [0.1, 0.15) is 11.3 Å². The first-order valence-corrected chi connectivity index (χ1v) is 7.44. The summed E-state index contributed by atoms with van der Waals surface area (Å²) in [6, 6.07) is 13.5. The highest BCUT2D eigenvalue weighted by atomic mass is 16.3. The minimum Gasteiger partial charge on any atom is -0.507 e. The van der Waals surface area contributed by atoms with E-state index in [-0.39, 0.29) is 17.2 Å². The first kappa shape index (κ1) is 17.4. The van der Waals surface area contributed by atoms with Crippen LogP contribution in [0.2, 0.25) is 0 Å². The summed E-state index contributed by atoms with van der Waals surface area (Å²) in [6.45, 7) is 8.00. The van der Waals surface area contributed by atoms with E-state index < -0.39 is 0 Å². The smallest absolute Gasteiger partial charge is 0.284 e. The number of phenolic OH excluding ortho intramolecular Hbond substituents is 1. The molecule has 0 aliphatic carbocycles. The van der Waals surface area contributed by atoms with Crippen LogP contribution in [0.25, 0.3) is 22.4 Å². The van der Waals surface area contributed by atoms with Gasteiger partial charge in [-0.05, 0) is 24.3 Å². The van der Waals surface area contributed by atoms with Gasteiger partial charge in [-0.1, -0.05) is 52.0 Å². The molecule has 3 aromatic rings. The number of hydrogen-bond acceptors (Lipinski definition) is 4. The second kappa shape index (κ2) is 8.62. The van der Waals surface area contributed by atoms with Crippen LogP contribution in [0.3, 0.4) is 0 Å². The minimum atomic E-state index is -0.366. The fourth-order valence-electron chi connectivity index (χ4n) is 1.78. The molecule has 0 atom stereocenters. The Morgan fingerprint density at radius 1 is 0.909 bits per heavy atom. The Labute approximate surface area is 130 Å². The van der Waals surface area contributed by atoms with Crippen molar-refractivity contribution in [1.82, 2.24) is 4.98 Å². The monoisotopic (exact) mass is 299 g/mol. The third-order valence-corrected chi connectivity index (χ3v) is 2.66. The Kier molecular flexibility index (Phi) is 6.83. The zero-order chi connectivity index (χ0) is 16.5. The van der Waals surface area contributed by atoms with E-state index in [0.717, 1.165) is 0 Å². The van der Waals surface area contributed by atoms with Crippen molar-refractivity contribution < 1.29 is 9.52 Å². The highest BCUT2D eigenvalue weighted by Crippen LogP contribution is 2.27. The average Bonchev–Trinajstić information content (AvgIpc) is 2.59. The summed E-state index contributed by atoms with van der Waals surface area (Å²) in [5.74, 6) is 0.153. The first-order chi connectivity index (χ1) is 10.8. The number of rotatable bonds is 1. The van der Waals surface area contributed by atoms with Crippen molar-refractivity contribution >= 4 is 11.0 Å². The van der Waals surface area contributed by atoms with E-state index in [2.05, 4.69) is 4.98 Å². The van der Waals surface area contributed by atoms with Crippen LogP contribution in [-0.2, 0) is 0 Å². The van der Waals surface area contributed by atoms with Gasteiger partial charge in [-0.3, -0.25) is 4.79 Å². The molecule has 0 amide bonds. The van der Waals surface area contributed by atoms with E-state index in [1.165, 1.54) is 6.07 Å². The van der Waals surface area contributed by atoms with Gasteiger partial charge in [0.15, 0.2) is 0 Å². The molecular formula is C18H21NO3. The predicted molar refractivity (Wildman–Crippen MR) is 90.1 cm³/mol. The van der Waals surface area contributed by atoms with E-state index in [1.54, 1.807) is 42.5 Å². The molecule has 0 unspecified atom stereocenters. The molecule has 3 rings (SSSR count). The number of fused-ring (bicyclic) bond motifs is 1. The maximum absolute atomic E-state index is 11.8. The van der Waals surface area contributed by atoms with Crippen molar-refractivity contribution in [3.8, 4) is 17.2 Å². The first-order valence-electron chi connectivity index (χ1n) is 7.44. The maximum Gasteiger partial charge on any atom is 0.284 e. The lowest BCUT2D eigenvalue weighted by molar-refractivity contribution is 0.473. The van der Waals surface area contributed by atoms with Crippen molar-refractivity contribution in [2.75, 3.05) is 0 Å². The quantitative estimate of drug-likeness (QED) is 0.712. The molecule has 0 fully saturated rings. The standard InChI is InChI=1S/C14H9NO3.2C2H6/c16-11-7-3-1-5-9(11)14-15-13(17)10-6-2-4-8-12(10)18-14;2*1-2/h1-8,16H;2*1-2H3. The lowest BCUT2D eigenvalue weighted by Gasteiger charge is -2.03. The van der Waals surface area contributed by atoms with Crippen LogP contribution in [-0.4, -0.2) is 10.1 Å². The van der Waals surface area contributed by atoms with Gasteiger partial charge in [-0.2, -0.15) is 4.98 Å². The zero-order valence-electron chi connectivity index (χ0n) is 13.3. The van der Waals surface area contributed by atoms with Crippen molar-refractivity contribution in [1.29, 1.82) is 0 Å². The summed E-state index contributed by atoms with van der Waals surface area (Å²) >= 11 is 0. The van der Waals surface area contributed by atoms with Gasteiger partial charge in [0, 0.05) is 0 Å².